The Hall–Kier alpha value is -3.98. The lowest BCUT2D eigenvalue weighted by atomic mass is 9.74. The normalized spacial score (nSPS) is 34.6. The monoisotopic (exact) mass is 758 g/mol. The van der Waals surface area contributed by atoms with Crippen molar-refractivity contribution in [1.29, 1.82) is 5.41 Å². The van der Waals surface area contributed by atoms with Gasteiger partial charge in [0.25, 0.3) is 0 Å². The molecule has 0 unspecified atom stereocenters. The van der Waals surface area contributed by atoms with Crippen molar-refractivity contribution >= 4 is 52.8 Å². The van der Waals surface area contributed by atoms with Crippen LogP contribution in [-0.2, 0) is 52.4 Å². The maximum atomic E-state index is 13.2. The molecule has 3 rings (SSSR count). The van der Waals surface area contributed by atoms with E-state index >= 15 is 0 Å². The number of carboxylic acid groups (broad SMARTS) is 1. The standard InChI is InChI=1S/C32H42N2O17S/c1-7-16(34-11-52)30(43)51-24-18(10-46-15(6)35)49-27(31(44)9-17(36)22(33)21(26(31)39)28(40)41)23(38)25(24)50-20-8-19(37)32(45,13(4)47-20)14(5)48-29(42)12(2)3/h7,12-14,18-20,23-25,27,33,37-39,44-45H,8-10H2,1-6H3,(H,40,41)/b16-7+,33-22?/t13-,14+,18-,19-,20+,23+,24-,25+,27+,31-,32-/m1/s1. The molecule has 1 aliphatic carbocycles. The SMILES string of the molecule is C/C=C(/N=C=S)C(=O)O[C@H]1[C@@H](O[C@H]2C[C@@H](O)[C@](O)([C@H](C)OC(=O)C(C)C)[C@@H](C)O2)[C@H](O)[C@@H]([C@@]2(O)CC(=O)C(=N)C(C(=O)O)=C2O)O[C@@H]1COC(C)=O. The largest absolute Gasteiger partial charge is 0.508 e. The van der Waals surface area contributed by atoms with Crippen LogP contribution in [0, 0.1) is 11.3 Å². The number of nitrogens with one attached hydrogen (secondary N) is 1. The number of hydrogen-bond donors (Lipinski definition) is 7. The van der Waals surface area contributed by atoms with E-state index in [1.165, 1.54) is 26.8 Å². The molecular weight excluding hydrogens is 716 g/mol. The zero-order valence-corrected chi connectivity index (χ0v) is 29.8. The Kier molecular flexibility index (Phi) is 13.7. The van der Waals surface area contributed by atoms with Crippen LogP contribution >= 0.6 is 12.2 Å². The van der Waals surface area contributed by atoms with Gasteiger partial charge in [-0.05, 0) is 33.0 Å². The Morgan fingerprint density at radius 3 is 2.31 bits per heavy atom. The number of carbonyl (C=O) groups is 5. The van der Waals surface area contributed by atoms with Gasteiger partial charge in [-0.15, -0.1) is 0 Å². The topological polar surface area (TPSA) is 298 Å². The number of aliphatic hydroxyl groups is 5. The molecular formula is C32H42N2O17S. The second-order valence-electron chi connectivity index (χ2n) is 12.7. The van der Waals surface area contributed by atoms with Gasteiger partial charge in [-0.25, -0.2) is 9.59 Å². The number of isothiocyanates is 1. The maximum absolute atomic E-state index is 13.2. The van der Waals surface area contributed by atoms with Crippen molar-refractivity contribution in [3.05, 3.63) is 23.1 Å². The number of rotatable bonds is 12. The Balaban J connectivity index is 2.13. The molecule has 0 amide bonds. The summed E-state index contributed by atoms with van der Waals surface area (Å²) >= 11 is 4.57. The molecule has 0 spiro atoms. The van der Waals surface area contributed by atoms with E-state index in [1.807, 2.05) is 5.16 Å². The van der Waals surface area contributed by atoms with Crippen molar-refractivity contribution in [3.63, 3.8) is 0 Å². The van der Waals surface area contributed by atoms with E-state index in [9.17, 15) is 54.6 Å². The van der Waals surface area contributed by atoms with E-state index < -0.39 is 138 Å². The summed E-state index contributed by atoms with van der Waals surface area (Å²) < 4.78 is 33.7. The van der Waals surface area contributed by atoms with E-state index in [-0.39, 0.29) is 5.70 Å². The molecule has 20 heteroatoms. The highest BCUT2D eigenvalue weighted by atomic mass is 32.1. The quantitative estimate of drug-likeness (QED) is 0.0430. The molecule has 0 aromatic heterocycles. The molecule has 2 fully saturated rings. The van der Waals surface area contributed by atoms with E-state index in [4.69, 9.17) is 33.8 Å². The smallest absolute Gasteiger partial charge is 0.357 e. The Labute approximate surface area is 302 Å². The Bertz CT molecular complexity index is 1560. The molecule has 288 valence electrons. The van der Waals surface area contributed by atoms with Crippen LogP contribution in [0.4, 0.5) is 0 Å². The molecule has 0 bridgehead atoms. The van der Waals surface area contributed by atoms with Crippen LogP contribution in [0.3, 0.4) is 0 Å². The van der Waals surface area contributed by atoms with Crippen LogP contribution in [0.5, 0.6) is 0 Å². The third-order valence-corrected chi connectivity index (χ3v) is 9.06. The molecule has 11 atom stereocenters. The summed E-state index contributed by atoms with van der Waals surface area (Å²) in [4.78, 5) is 65.6. The van der Waals surface area contributed by atoms with Crippen molar-refractivity contribution < 1.29 is 83.0 Å². The number of ether oxygens (including phenoxy) is 6. The second kappa shape index (κ2) is 16.8. The fraction of sp³-hybridized carbons (Fsp3) is 0.656. The first kappa shape index (κ1) is 42.4. The summed E-state index contributed by atoms with van der Waals surface area (Å²) in [6, 6.07) is 0. The van der Waals surface area contributed by atoms with Crippen LogP contribution in [0.2, 0.25) is 0 Å². The van der Waals surface area contributed by atoms with E-state index in [0.717, 1.165) is 6.92 Å². The number of esters is 3. The number of Topliss-reactive ketones (excluding diaryl/α,β-unsaturated/α-hetero) is 1. The summed E-state index contributed by atoms with van der Waals surface area (Å²) in [5.41, 5.74) is -8.05. The number of nitrogens with zero attached hydrogens (tertiary/aromatic N) is 1. The van der Waals surface area contributed by atoms with Crippen LogP contribution in [0.15, 0.2) is 28.1 Å². The minimum absolute atomic E-state index is 0.383. The highest BCUT2D eigenvalue weighted by Gasteiger charge is 2.61. The van der Waals surface area contributed by atoms with Gasteiger partial charge in [-0.3, -0.25) is 19.8 Å². The zero-order chi connectivity index (χ0) is 39.5. The number of carboxylic acids is 1. The molecule has 0 saturated carbocycles. The van der Waals surface area contributed by atoms with Crippen LogP contribution < -0.4 is 0 Å². The summed E-state index contributed by atoms with van der Waals surface area (Å²) in [7, 11) is 0. The average Bonchev–Trinajstić information content (AvgIpc) is 3.05. The van der Waals surface area contributed by atoms with E-state index in [2.05, 4.69) is 17.2 Å². The zero-order valence-electron chi connectivity index (χ0n) is 29.0. The van der Waals surface area contributed by atoms with Crippen LogP contribution in [-0.4, -0.2) is 144 Å². The van der Waals surface area contributed by atoms with Crippen LogP contribution in [0.1, 0.15) is 54.4 Å². The minimum atomic E-state index is -3.05. The molecule has 2 aliphatic heterocycles. The van der Waals surface area contributed by atoms with Gasteiger partial charge in [-0.1, -0.05) is 19.9 Å². The lowest BCUT2D eigenvalue weighted by Crippen LogP contribution is -2.70. The van der Waals surface area contributed by atoms with Crippen molar-refractivity contribution in [3.8, 4) is 0 Å². The maximum Gasteiger partial charge on any atom is 0.357 e. The number of aliphatic carboxylic acids is 1. The van der Waals surface area contributed by atoms with Gasteiger partial charge in [0, 0.05) is 13.3 Å². The fourth-order valence-corrected chi connectivity index (χ4v) is 6.15. The van der Waals surface area contributed by atoms with Gasteiger partial charge in [0.05, 0.1) is 29.7 Å². The van der Waals surface area contributed by atoms with Crippen LogP contribution in [0.25, 0.3) is 0 Å². The number of aliphatic hydroxyl groups excluding tert-OH is 3. The molecule has 3 aliphatic rings. The summed E-state index contributed by atoms with van der Waals surface area (Å²) in [5, 5.41) is 76.6. The third kappa shape index (κ3) is 8.46. The molecule has 0 aromatic rings. The number of carbonyl (C=O) groups excluding carboxylic acids is 4. The van der Waals surface area contributed by atoms with Crippen molar-refractivity contribution in [2.24, 2.45) is 10.9 Å². The molecule has 7 N–H and O–H groups in total. The van der Waals surface area contributed by atoms with Gasteiger partial charge < -0.3 is 59.1 Å². The van der Waals surface area contributed by atoms with Gasteiger partial charge in [0.1, 0.15) is 54.2 Å². The highest BCUT2D eigenvalue weighted by Crippen LogP contribution is 2.42. The molecule has 2 saturated heterocycles. The number of aliphatic imine (C=N–C) groups is 1. The van der Waals surface area contributed by atoms with Crippen molar-refractivity contribution in [2.75, 3.05) is 6.61 Å². The Morgan fingerprint density at radius 2 is 1.79 bits per heavy atom. The summed E-state index contributed by atoms with van der Waals surface area (Å²) in [6.07, 6.45) is -16.4. The lowest BCUT2D eigenvalue weighted by molar-refractivity contribution is -0.343. The number of ketones is 1. The van der Waals surface area contributed by atoms with Gasteiger partial charge >= 0.3 is 23.9 Å². The molecule has 0 radical (unpaired) electrons. The fourth-order valence-electron chi connectivity index (χ4n) is 6.05. The van der Waals surface area contributed by atoms with Gasteiger partial charge in [0.15, 0.2) is 35.1 Å². The Morgan fingerprint density at radius 1 is 1.15 bits per heavy atom. The molecule has 52 heavy (non-hydrogen) atoms. The number of hydrogen-bond acceptors (Lipinski definition) is 19. The lowest BCUT2D eigenvalue weighted by Gasteiger charge is -2.51. The van der Waals surface area contributed by atoms with Crippen molar-refractivity contribution in [1.82, 2.24) is 0 Å². The summed E-state index contributed by atoms with van der Waals surface area (Å²) in [6.45, 7) is 7.43. The number of allylic oxidation sites excluding steroid dienone is 1. The predicted octanol–water partition coefficient (Wildman–Crippen LogP) is -0.584. The predicted molar refractivity (Wildman–Crippen MR) is 175 cm³/mol. The summed E-state index contributed by atoms with van der Waals surface area (Å²) in [5.74, 6) is -7.95. The molecule has 19 nitrogen and oxygen atoms in total. The first-order valence-corrected chi connectivity index (χ1v) is 16.4. The second-order valence-corrected chi connectivity index (χ2v) is 12.9. The molecule has 0 aromatic carbocycles. The van der Waals surface area contributed by atoms with E-state index in [1.54, 1.807) is 13.8 Å². The van der Waals surface area contributed by atoms with Gasteiger partial charge in [0.2, 0.25) is 0 Å². The third-order valence-electron chi connectivity index (χ3n) is 8.97. The minimum Gasteiger partial charge on any atom is -0.508 e. The first-order valence-electron chi connectivity index (χ1n) is 16.0. The number of thiocarbonyl (C=S) groups is 1. The first-order chi connectivity index (χ1) is 24.1. The highest BCUT2D eigenvalue weighted by molar-refractivity contribution is 7.78. The van der Waals surface area contributed by atoms with E-state index in [0.29, 0.717) is 0 Å². The molecule has 2 heterocycles. The van der Waals surface area contributed by atoms with Gasteiger partial charge in [-0.2, -0.15) is 4.99 Å². The average molecular weight is 759 g/mol. The van der Waals surface area contributed by atoms with Crippen molar-refractivity contribution in [2.45, 2.75) is 121 Å².